The molecule has 2 N–H and O–H groups in total. The third kappa shape index (κ3) is 2.78. The van der Waals surface area contributed by atoms with Crippen LogP contribution in [0, 0.1) is 5.82 Å². The molecule has 1 aliphatic heterocycles. The topological polar surface area (TPSA) is 59.0 Å². The Hall–Kier alpha value is -1.73. The molecule has 116 valence electrons. The van der Waals surface area contributed by atoms with Crippen molar-refractivity contribution in [3.63, 3.8) is 0 Å². The first kappa shape index (κ1) is 15.2. The van der Waals surface area contributed by atoms with E-state index in [0.29, 0.717) is 23.0 Å². The van der Waals surface area contributed by atoms with Crippen molar-refractivity contribution in [2.24, 2.45) is 0 Å². The van der Waals surface area contributed by atoms with Crippen molar-refractivity contribution < 1.29 is 9.18 Å². The minimum atomic E-state index is -0.738. The minimum Gasteiger partial charge on any atom is -0.324 e. The number of hydrogen-bond donors (Lipinski definition) is 2. The summed E-state index contributed by atoms with van der Waals surface area (Å²) in [5.74, 6) is -0.573. The Morgan fingerprint density at radius 2 is 2.18 bits per heavy atom. The molecule has 7 heteroatoms. The monoisotopic (exact) mass is 366 g/mol. The molecule has 1 fully saturated rings. The van der Waals surface area contributed by atoms with Crippen molar-refractivity contribution in [1.82, 2.24) is 15.1 Å². The second-order valence-corrected chi connectivity index (χ2v) is 6.17. The number of halogens is 2. The molecule has 1 amide bonds. The average molecular weight is 367 g/mol. The lowest BCUT2D eigenvalue weighted by molar-refractivity contribution is -0.126. The van der Waals surface area contributed by atoms with E-state index in [1.165, 1.54) is 6.07 Å². The lowest BCUT2D eigenvalue weighted by atomic mass is 9.87. The van der Waals surface area contributed by atoms with Crippen LogP contribution in [0.1, 0.15) is 12.8 Å². The first-order chi connectivity index (χ1) is 10.6. The third-order valence-electron chi connectivity index (χ3n) is 3.97. The Labute approximate surface area is 136 Å². The molecule has 0 unspecified atom stereocenters. The zero-order chi connectivity index (χ0) is 15.6. The summed E-state index contributed by atoms with van der Waals surface area (Å²) in [6.45, 7) is 1.48. The SMILES string of the molecule is O=C(Nc1ccc(Br)c(F)c1)C1(n2cccn2)CCNCC1. The number of anilines is 1. The van der Waals surface area contributed by atoms with Crippen molar-refractivity contribution in [2.45, 2.75) is 18.4 Å². The maximum Gasteiger partial charge on any atom is 0.252 e. The molecule has 0 radical (unpaired) electrons. The highest BCUT2D eigenvalue weighted by Crippen LogP contribution is 2.29. The van der Waals surface area contributed by atoms with Crippen LogP contribution in [0.25, 0.3) is 0 Å². The molecule has 0 saturated carbocycles. The van der Waals surface area contributed by atoms with Crippen LogP contribution < -0.4 is 10.6 Å². The van der Waals surface area contributed by atoms with Crippen LogP contribution in [0.2, 0.25) is 0 Å². The van der Waals surface area contributed by atoms with Gasteiger partial charge in [-0.15, -0.1) is 0 Å². The number of carbonyl (C=O) groups is 1. The molecule has 2 heterocycles. The zero-order valence-electron chi connectivity index (χ0n) is 11.9. The zero-order valence-corrected chi connectivity index (χ0v) is 13.4. The predicted molar refractivity (Wildman–Crippen MR) is 85.0 cm³/mol. The van der Waals surface area contributed by atoms with Gasteiger partial charge in [0, 0.05) is 18.1 Å². The van der Waals surface area contributed by atoms with Crippen LogP contribution in [0.15, 0.2) is 41.1 Å². The smallest absolute Gasteiger partial charge is 0.252 e. The van der Waals surface area contributed by atoms with Gasteiger partial charge in [-0.25, -0.2) is 4.39 Å². The van der Waals surface area contributed by atoms with Crippen molar-refractivity contribution >= 4 is 27.5 Å². The molecule has 22 heavy (non-hydrogen) atoms. The molecule has 5 nitrogen and oxygen atoms in total. The normalized spacial score (nSPS) is 17.2. The van der Waals surface area contributed by atoms with Gasteiger partial charge < -0.3 is 10.6 Å². The third-order valence-corrected chi connectivity index (χ3v) is 4.62. The molecule has 0 spiro atoms. The number of hydrogen-bond acceptors (Lipinski definition) is 3. The highest BCUT2D eigenvalue weighted by atomic mass is 79.9. The van der Waals surface area contributed by atoms with Gasteiger partial charge in [-0.2, -0.15) is 5.10 Å². The molecule has 0 atom stereocenters. The lowest BCUT2D eigenvalue weighted by Gasteiger charge is -2.36. The Kier molecular flexibility index (Phi) is 4.26. The van der Waals surface area contributed by atoms with Gasteiger partial charge in [0.15, 0.2) is 0 Å². The molecule has 1 saturated heterocycles. The second kappa shape index (κ2) is 6.18. The van der Waals surface area contributed by atoms with Crippen LogP contribution in [-0.2, 0) is 10.3 Å². The van der Waals surface area contributed by atoms with E-state index in [4.69, 9.17) is 0 Å². The Morgan fingerprint density at radius 1 is 1.41 bits per heavy atom. The largest absolute Gasteiger partial charge is 0.324 e. The average Bonchev–Trinajstić information content (AvgIpc) is 3.06. The summed E-state index contributed by atoms with van der Waals surface area (Å²) in [6, 6.07) is 6.35. The Morgan fingerprint density at radius 3 is 2.82 bits per heavy atom. The number of rotatable bonds is 3. The van der Waals surface area contributed by atoms with Gasteiger partial charge in [0.1, 0.15) is 11.4 Å². The summed E-state index contributed by atoms with van der Waals surface area (Å²) in [5.41, 5.74) is -0.297. The number of amides is 1. The van der Waals surface area contributed by atoms with E-state index < -0.39 is 11.4 Å². The predicted octanol–water partition coefficient (Wildman–Crippen LogP) is 2.50. The molecule has 0 aliphatic carbocycles. The summed E-state index contributed by atoms with van der Waals surface area (Å²) < 4.78 is 15.7. The number of benzene rings is 1. The van der Waals surface area contributed by atoms with E-state index in [9.17, 15) is 9.18 Å². The number of carbonyl (C=O) groups excluding carboxylic acids is 1. The summed E-state index contributed by atoms with van der Waals surface area (Å²) in [5, 5.41) is 10.3. The number of aromatic nitrogens is 2. The fourth-order valence-electron chi connectivity index (χ4n) is 2.74. The molecule has 1 aromatic carbocycles. The summed E-state index contributed by atoms with van der Waals surface area (Å²) >= 11 is 3.10. The molecular weight excluding hydrogens is 351 g/mol. The fourth-order valence-corrected chi connectivity index (χ4v) is 2.99. The summed E-state index contributed by atoms with van der Waals surface area (Å²) in [7, 11) is 0. The van der Waals surface area contributed by atoms with Gasteiger partial charge in [0.2, 0.25) is 0 Å². The van der Waals surface area contributed by atoms with Crippen molar-refractivity contribution in [1.29, 1.82) is 0 Å². The maximum atomic E-state index is 13.6. The van der Waals surface area contributed by atoms with Gasteiger partial charge in [-0.1, -0.05) is 0 Å². The molecule has 0 bridgehead atoms. The fraction of sp³-hybridized carbons (Fsp3) is 0.333. The van der Waals surface area contributed by atoms with Gasteiger partial charge in [-0.3, -0.25) is 9.48 Å². The van der Waals surface area contributed by atoms with Crippen molar-refractivity contribution in [3.05, 3.63) is 46.9 Å². The lowest BCUT2D eigenvalue weighted by Crippen LogP contribution is -2.52. The molecule has 3 rings (SSSR count). The number of nitrogens with one attached hydrogen (secondary N) is 2. The van der Waals surface area contributed by atoms with Crippen molar-refractivity contribution in [3.8, 4) is 0 Å². The quantitative estimate of drug-likeness (QED) is 0.877. The molecule has 1 aliphatic rings. The summed E-state index contributed by atoms with van der Waals surface area (Å²) in [4.78, 5) is 12.9. The van der Waals surface area contributed by atoms with E-state index in [-0.39, 0.29) is 5.91 Å². The summed E-state index contributed by atoms with van der Waals surface area (Å²) in [6.07, 6.45) is 4.74. The van der Waals surface area contributed by atoms with Crippen LogP contribution >= 0.6 is 15.9 Å². The molecule has 2 aromatic rings. The maximum absolute atomic E-state index is 13.6. The number of piperidine rings is 1. The van der Waals surface area contributed by atoms with Crippen LogP contribution in [0.3, 0.4) is 0 Å². The van der Waals surface area contributed by atoms with Crippen LogP contribution in [0.4, 0.5) is 10.1 Å². The first-order valence-electron chi connectivity index (χ1n) is 7.09. The second-order valence-electron chi connectivity index (χ2n) is 5.32. The Bertz CT molecular complexity index is 668. The molecular formula is C15H16BrFN4O. The van der Waals surface area contributed by atoms with Crippen molar-refractivity contribution in [2.75, 3.05) is 18.4 Å². The number of nitrogens with zero attached hydrogens (tertiary/aromatic N) is 2. The van der Waals surface area contributed by atoms with E-state index >= 15 is 0 Å². The van der Waals surface area contributed by atoms with Crippen LogP contribution in [-0.4, -0.2) is 28.8 Å². The first-order valence-corrected chi connectivity index (χ1v) is 7.88. The van der Waals surface area contributed by atoms with Gasteiger partial charge in [-0.05, 0) is 66.1 Å². The van der Waals surface area contributed by atoms with E-state index in [1.807, 2.05) is 0 Å². The van der Waals surface area contributed by atoms with Crippen LogP contribution in [0.5, 0.6) is 0 Å². The van der Waals surface area contributed by atoms with Gasteiger partial charge in [0.05, 0.1) is 4.47 Å². The van der Waals surface area contributed by atoms with E-state index in [0.717, 1.165) is 13.1 Å². The Balaban J connectivity index is 1.88. The van der Waals surface area contributed by atoms with Gasteiger partial charge in [0.25, 0.3) is 5.91 Å². The minimum absolute atomic E-state index is 0.167. The highest BCUT2D eigenvalue weighted by molar-refractivity contribution is 9.10. The van der Waals surface area contributed by atoms with E-state index in [2.05, 4.69) is 31.7 Å². The van der Waals surface area contributed by atoms with Gasteiger partial charge >= 0.3 is 0 Å². The van der Waals surface area contributed by atoms with E-state index in [1.54, 1.807) is 35.3 Å². The molecule has 1 aromatic heterocycles. The standard InChI is InChI=1S/C15H16BrFN4O/c16-12-3-2-11(10-13(12)17)20-14(22)15(4-7-18-8-5-15)21-9-1-6-19-21/h1-3,6,9-10,18H,4-5,7-8H2,(H,20,22). The highest BCUT2D eigenvalue weighted by Gasteiger charge is 2.42.